The smallest absolute Gasteiger partial charge is 0.345 e. The molecule has 0 spiro atoms. The summed E-state index contributed by atoms with van der Waals surface area (Å²) in [6, 6.07) is 1.37. The fourth-order valence-electron chi connectivity index (χ4n) is 1.58. The lowest BCUT2D eigenvalue weighted by molar-refractivity contribution is -0.120. The molecule has 0 aliphatic rings. The van der Waals surface area contributed by atoms with Gasteiger partial charge in [0.25, 0.3) is 0 Å². The van der Waals surface area contributed by atoms with E-state index in [9.17, 15) is 13.2 Å². The average Bonchev–Trinajstić information content (AvgIpc) is 2.24. The van der Waals surface area contributed by atoms with Crippen LogP contribution in [0.3, 0.4) is 0 Å². The Bertz CT molecular complexity index is 407. The van der Waals surface area contributed by atoms with Crippen molar-refractivity contribution in [2.45, 2.75) is 32.6 Å². The van der Waals surface area contributed by atoms with Crippen molar-refractivity contribution < 1.29 is 13.2 Å². The van der Waals surface area contributed by atoms with Crippen molar-refractivity contribution in [3.63, 3.8) is 0 Å². The molecule has 0 saturated heterocycles. The molecule has 3 nitrogen and oxygen atoms in total. The average molecular weight is 326 g/mol. The molecule has 2 N–H and O–H groups in total. The highest BCUT2D eigenvalue weighted by molar-refractivity contribution is 9.10. The van der Waals surface area contributed by atoms with Crippen LogP contribution in [0.4, 0.5) is 19.0 Å². The van der Waals surface area contributed by atoms with Crippen LogP contribution in [0.2, 0.25) is 0 Å². The molecule has 0 amide bonds. The van der Waals surface area contributed by atoms with Crippen molar-refractivity contribution in [3.8, 4) is 0 Å². The van der Waals surface area contributed by atoms with Gasteiger partial charge in [0.1, 0.15) is 12.4 Å². The van der Waals surface area contributed by atoms with Crippen LogP contribution in [-0.4, -0.2) is 23.7 Å². The number of hydrogen-bond donors (Lipinski definition) is 1. The summed E-state index contributed by atoms with van der Waals surface area (Å²) in [5.74, 6) is 0.285. The number of alkyl halides is 3. The quantitative estimate of drug-likeness (QED) is 0.925. The van der Waals surface area contributed by atoms with Crippen LogP contribution in [0.15, 0.2) is 16.7 Å². The number of nitrogens with zero attached hydrogens (tertiary/aromatic N) is 2. The van der Waals surface area contributed by atoms with Gasteiger partial charge in [0.05, 0.1) is 0 Å². The molecule has 0 fully saturated rings. The maximum atomic E-state index is 12.6. The van der Waals surface area contributed by atoms with Gasteiger partial charge in [-0.05, 0) is 35.8 Å². The first-order valence-electron chi connectivity index (χ1n) is 5.42. The molecule has 1 heterocycles. The third kappa shape index (κ3) is 4.13. The Labute approximate surface area is 112 Å². The second-order valence-corrected chi connectivity index (χ2v) is 5.09. The monoisotopic (exact) mass is 325 g/mol. The van der Waals surface area contributed by atoms with Crippen LogP contribution < -0.4 is 10.6 Å². The van der Waals surface area contributed by atoms with Gasteiger partial charge < -0.3 is 10.6 Å². The molecular formula is C11H15BrF3N3. The number of rotatable bonds is 4. The van der Waals surface area contributed by atoms with Gasteiger partial charge >= 0.3 is 6.18 Å². The van der Waals surface area contributed by atoms with E-state index in [0.29, 0.717) is 10.0 Å². The molecule has 0 aliphatic carbocycles. The highest BCUT2D eigenvalue weighted by atomic mass is 79.9. The molecule has 0 saturated carbocycles. The number of anilines is 1. The molecule has 102 valence electrons. The van der Waals surface area contributed by atoms with Crippen LogP contribution in [0.1, 0.15) is 19.4 Å². The molecule has 0 atom stereocenters. The zero-order chi connectivity index (χ0) is 13.9. The lowest BCUT2D eigenvalue weighted by Gasteiger charge is -2.30. The van der Waals surface area contributed by atoms with E-state index < -0.39 is 12.7 Å². The Hall–Kier alpha value is -0.820. The molecule has 1 rings (SSSR count). The van der Waals surface area contributed by atoms with Crippen molar-refractivity contribution >= 4 is 21.7 Å². The largest absolute Gasteiger partial charge is 0.405 e. The minimum Gasteiger partial charge on any atom is -0.345 e. The van der Waals surface area contributed by atoms with Gasteiger partial charge in [-0.25, -0.2) is 4.98 Å². The molecule has 1 aromatic heterocycles. The second kappa shape index (κ2) is 5.88. The minimum absolute atomic E-state index is 0.142. The van der Waals surface area contributed by atoms with Crippen LogP contribution in [0, 0.1) is 0 Å². The summed E-state index contributed by atoms with van der Waals surface area (Å²) >= 11 is 3.23. The van der Waals surface area contributed by atoms with Crippen LogP contribution in [-0.2, 0) is 6.54 Å². The zero-order valence-corrected chi connectivity index (χ0v) is 11.7. The Balaban J connectivity index is 3.13. The predicted molar refractivity (Wildman–Crippen MR) is 68.4 cm³/mol. The van der Waals surface area contributed by atoms with Crippen molar-refractivity contribution in [2.75, 3.05) is 11.4 Å². The Morgan fingerprint density at radius 3 is 2.50 bits per heavy atom. The van der Waals surface area contributed by atoms with Crippen LogP contribution >= 0.6 is 15.9 Å². The van der Waals surface area contributed by atoms with Crippen molar-refractivity contribution in [1.82, 2.24) is 4.98 Å². The normalized spacial score (nSPS) is 12.0. The highest BCUT2D eigenvalue weighted by Crippen LogP contribution is 2.27. The molecule has 18 heavy (non-hydrogen) atoms. The number of halogens is 4. The van der Waals surface area contributed by atoms with Gasteiger partial charge in [-0.3, -0.25) is 0 Å². The van der Waals surface area contributed by atoms with Crippen molar-refractivity contribution in [3.05, 3.63) is 22.3 Å². The number of aromatic nitrogens is 1. The number of hydrogen-bond acceptors (Lipinski definition) is 3. The molecule has 0 aromatic carbocycles. The summed E-state index contributed by atoms with van der Waals surface area (Å²) in [5.41, 5.74) is 6.14. The fraction of sp³-hybridized carbons (Fsp3) is 0.545. The van der Waals surface area contributed by atoms with Crippen molar-refractivity contribution in [1.29, 1.82) is 0 Å². The Morgan fingerprint density at radius 2 is 2.06 bits per heavy atom. The van der Waals surface area contributed by atoms with Gasteiger partial charge in [-0.2, -0.15) is 13.2 Å². The molecule has 7 heteroatoms. The minimum atomic E-state index is -4.27. The topological polar surface area (TPSA) is 42.2 Å². The standard InChI is InChI=1S/C11H15BrF3N3/c1-7(2)18(6-11(13,14)15)10-8(4-16)3-9(12)5-17-10/h3,5,7H,4,6,16H2,1-2H3. The maximum Gasteiger partial charge on any atom is 0.405 e. The SMILES string of the molecule is CC(C)N(CC(F)(F)F)c1ncc(Br)cc1CN. The van der Waals surface area contributed by atoms with Gasteiger partial charge in [-0.15, -0.1) is 0 Å². The Morgan fingerprint density at radius 1 is 1.44 bits per heavy atom. The number of pyridine rings is 1. The lowest BCUT2D eigenvalue weighted by atomic mass is 10.2. The second-order valence-electron chi connectivity index (χ2n) is 4.18. The van der Waals surface area contributed by atoms with Gasteiger partial charge in [0.2, 0.25) is 0 Å². The van der Waals surface area contributed by atoms with Gasteiger partial charge in [-0.1, -0.05) is 0 Å². The van der Waals surface area contributed by atoms with E-state index in [1.165, 1.54) is 11.1 Å². The molecule has 0 radical (unpaired) electrons. The summed E-state index contributed by atoms with van der Waals surface area (Å²) in [4.78, 5) is 5.26. The maximum absolute atomic E-state index is 12.6. The third-order valence-corrected chi connectivity index (χ3v) is 2.81. The fourth-order valence-corrected chi connectivity index (χ4v) is 1.96. The van der Waals surface area contributed by atoms with E-state index in [1.807, 2.05) is 0 Å². The highest BCUT2D eigenvalue weighted by Gasteiger charge is 2.33. The van der Waals surface area contributed by atoms with Crippen LogP contribution in [0.25, 0.3) is 0 Å². The van der Waals surface area contributed by atoms with Crippen molar-refractivity contribution in [2.24, 2.45) is 5.73 Å². The summed E-state index contributed by atoms with van der Waals surface area (Å²) < 4.78 is 38.4. The molecule has 0 unspecified atom stereocenters. The molecule has 0 aliphatic heterocycles. The van der Waals surface area contributed by atoms with E-state index in [1.54, 1.807) is 19.9 Å². The summed E-state index contributed by atoms with van der Waals surface area (Å²) in [6.45, 7) is 2.49. The summed E-state index contributed by atoms with van der Waals surface area (Å²) in [5, 5.41) is 0. The van der Waals surface area contributed by atoms with E-state index >= 15 is 0 Å². The zero-order valence-electron chi connectivity index (χ0n) is 10.1. The van der Waals surface area contributed by atoms with Gasteiger partial charge in [0, 0.05) is 28.8 Å². The van der Waals surface area contributed by atoms with E-state index in [-0.39, 0.29) is 18.4 Å². The number of nitrogens with two attached hydrogens (primary N) is 1. The summed E-state index contributed by atoms with van der Waals surface area (Å²) in [7, 11) is 0. The third-order valence-electron chi connectivity index (χ3n) is 2.37. The molecule has 0 bridgehead atoms. The molecular weight excluding hydrogens is 311 g/mol. The first-order valence-corrected chi connectivity index (χ1v) is 6.21. The molecule has 1 aromatic rings. The first kappa shape index (κ1) is 15.2. The van der Waals surface area contributed by atoms with E-state index in [2.05, 4.69) is 20.9 Å². The Kier molecular flexibility index (Phi) is 4.98. The van der Waals surface area contributed by atoms with Gasteiger partial charge in [0.15, 0.2) is 0 Å². The predicted octanol–water partition coefficient (Wildman–Crippen LogP) is 3.08. The lowest BCUT2D eigenvalue weighted by Crippen LogP contribution is -2.40. The van der Waals surface area contributed by atoms with E-state index in [4.69, 9.17) is 5.73 Å². The van der Waals surface area contributed by atoms with E-state index in [0.717, 1.165) is 0 Å². The van der Waals surface area contributed by atoms with Crippen LogP contribution in [0.5, 0.6) is 0 Å². The first-order chi connectivity index (χ1) is 8.24. The summed E-state index contributed by atoms with van der Waals surface area (Å²) in [6.07, 6.45) is -2.80.